The number of anilines is 1. The standard InChI is InChI=1S/C32H39N3O6S/c1-4-30(32(37)33-25-11-8-9-12-25)34(22-24-17-19-27(40-2)20-18-24)31(36)23-35(26-13-10-14-28(21-26)41-3)42(38,39)29-15-6-5-7-16-29/h5-7,10,13-21,25,30H,4,8-9,11-12,22-23H2,1-3H3,(H,33,37)/t30-/m0/s1. The maximum absolute atomic E-state index is 14.2. The van der Waals surface area contributed by atoms with Crippen molar-refractivity contribution in [2.24, 2.45) is 0 Å². The summed E-state index contributed by atoms with van der Waals surface area (Å²) >= 11 is 0. The molecule has 224 valence electrons. The van der Waals surface area contributed by atoms with Crippen LogP contribution in [0.25, 0.3) is 0 Å². The van der Waals surface area contributed by atoms with Crippen molar-refractivity contribution in [3.8, 4) is 11.5 Å². The summed E-state index contributed by atoms with van der Waals surface area (Å²) < 4.78 is 39.6. The van der Waals surface area contributed by atoms with Crippen LogP contribution in [0.3, 0.4) is 0 Å². The van der Waals surface area contributed by atoms with Crippen LogP contribution >= 0.6 is 0 Å². The van der Waals surface area contributed by atoms with Gasteiger partial charge in [0.15, 0.2) is 0 Å². The summed E-state index contributed by atoms with van der Waals surface area (Å²) in [4.78, 5) is 29.3. The van der Waals surface area contributed by atoms with Crippen molar-refractivity contribution >= 4 is 27.5 Å². The second kappa shape index (κ2) is 14.2. The quantitative estimate of drug-likeness (QED) is 0.306. The third kappa shape index (κ3) is 7.42. The van der Waals surface area contributed by atoms with Gasteiger partial charge in [-0.2, -0.15) is 0 Å². The van der Waals surface area contributed by atoms with Crippen LogP contribution in [0.5, 0.6) is 11.5 Å². The van der Waals surface area contributed by atoms with Crippen molar-refractivity contribution in [2.45, 2.75) is 62.6 Å². The number of ether oxygens (including phenoxy) is 2. The van der Waals surface area contributed by atoms with Crippen molar-refractivity contribution in [1.29, 1.82) is 0 Å². The number of hydrogen-bond donors (Lipinski definition) is 1. The molecule has 0 saturated heterocycles. The average molecular weight is 594 g/mol. The number of nitrogens with one attached hydrogen (secondary N) is 1. The zero-order valence-electron chi connectivity index (χ0n) is 24.4. The monoisotopic (exact) mass is 593 g/mol. The minimum Gasteiger partial charge on any atom is -0.497 e. The second-order valence-corrected chi connectivity index (χ2v) is 12.2. The Hall–Kier alpha value is -4.05. The zero-order valence-corrected chi connectivity index (χ0v) is 25.2. The summed E-state index contributed by atoms with van der Waals surface area (Å²) in [6, 6.07) is 21.1. The number of sulfonamides is 1. The molecule has 1 aliphatic rings. The minimum absolute atomic E-state index is 0.0494. The van der Waals surface area contributed by atoms with E-state index in [4.69, 9.17) is 9.47 Å². The summed E-state index contributed by atoms with van der Waals surface area (Å²) in [6.45, 7) is 1.47. The third-order valence-electron chi connectivity index (χ3n) is 7.55. The van der Waals surface area contributed by atoms with Crippen LogP contribution in [0.4, 0.5) is 5.69 Å². The van der Waals surface area contributed by atoms with Gasteiger partial charge in [0.05, 0.1) is 24.8 Å². The van der Waals surface area contributed by atoms with Crippen LogP contribution in [0.15, 0.2) is 83.8 Å². The lowest BCUT2D eigenvalue weighted by Crippen LogP contribution is -2.53. The van der Waals surface area contributed by atoms with Crippen molar-refractivity contribution < 1.29 is 27.5 Å². The fraction of sp³-hybridized carbons (Fsp3) is 0.375. The maximum atomic E-state index is 14.2. The molecule has 2 amide bonds. The van der Waals surface area contributed by atoms with Gasteiger partial charge in [0.1, 0.15) is 24.1 Å². The fourth-order valence-corrected chi connectivity index (χ4v) is 6.66. The van der Waals surface area contributed by atoms with E-state index in [2.05, 4.69) is 5.32 Å². The van der Waals surface area contributed by atoms with E-state index in [1.165, 1.54) is 24.1 Å². The van der Waals surface area contributed by atoms with Gasteiger partial charge in [-0.25, -0.2) is 8.42 Å². The molecule has 10 heteroatoms. The lowest BCUT2D eigenvalue weighted by Gasteiger charge is -2.34. The maximum Gasteiger partial charge on any atom is 0.264 e. The Balaban J connectivity index is 1.71. The SMILES string of the molecule is CC[C@@H](C(=O)NC1CCCC1)N(Cc1ccc(OC)cc1)C(=O)CN(c1cccc(OC)c1)S(=O)(=O)c1ccccc1. The number of methoxy groups -OCH3 is 2. The van der Waals surface area contributed by atoms with Gasteiger partial charge in [-0.3, -0.25) is 13.9 Å². The van der Waals surface area contributed by atoms with Crippen molar-refractivity contribution in [3.63, 3.8) is 0 Å². The first-order valence-electron chi connectivity index (χ1n) is 14.2. The lowest BCUT2D eigenvalue weighted by atomic mass is 10.1. The highest BCUT2D eigenvalue weighted by Gasteiger charge is 2.34. The molecule has 0 heterocycles. The van der Waals surface area contributed by atoms with E-state index >= 15 is 0 Å². The summed E-state index contributed by atoms with van der Waals surface area (Å²) in [6.07, 6.45) is 4.30. The largest absolute Gasteiger partial charge is 0.497 e. The van der Waals surface area contributed by atoms with E-state index in [-0.39, 0.29) is 29.1 Å². The Bertz CT molecular complexity index is 1440. The normalized spacial score (nSPS) is 14.2. The molecule has 1 saturated carbocycles. The molecule has 0 bridgehead atoms. The molecule has 3 aromatic carbocycles. The topological polar surface area (TPSA) is 105 Å². The van der Waals surface area contributed by atoms with Gasteiger partial charge in [0.25, 0.3) is 10.0 Å². The predicted molar refractivity (Wildman–Crippen MR) is 162 cm³/mol. The third-order valence-corrected chi connectivity index (χ3v) is 9.34. The molecule has 1 fully saturated rings. The molecule has 3 aromatic rings. The van der Waals surface area contributed by atoms with Crippen molar-refractivity contribution in [3.05, 3.63) is 84.4 Å². The summed E-state index contributed by atoms with van der Waals surface area (Å²) in [5, 5.41) is 3.12. The van der Waals surface area contributed by atoms with Gasteiger partial charge in [0.2, 0.25) is 11.8 Å². The molecule has 0 aromatic heterocycles. The van der Waals surface area contributed by atoms with E-state index in [1.54, 1.807) is 61.7 Å². The van der Waals surface area contributed by atoms with Crippen LogP contribution in [-0.4, -0.2) is 58.0 Å². The van der Waals surface area contributed by atoms with Gasteiger partial charge in [-0.15, -0.1) is 0 Å². The molecular formula is C32H39N3O6S. The molecule has 1 N–H and O–H groups in total. The average Bonchev–Trinajstić information content (AvgIpc) is 3.53. The summed E-state index contributed by atoms with van der Waals surface area (Å²) in [5.74, 6) is 0.387. The van der Waals surface area contributed by atoms with E-state index in [0.717, 1.165) is 35.6 Å². The number of carbonyl (C=O) groups excluding carboxylic acids is 2. The zero-order chi connectivity index (χ0) is 30.1. The molecule has 1 atom stereocenters. The molecule has 4 rings (SSSR count). The highest BCUT2D eigenvalue weighted by atomic mass is 32.2. The highest BCUT2D eigenvalue weighted by molar-refractivity contribution is 7.92. The minimum atomic E-state index is -4.15. The van der Waals surface area contributed by atoms with E-state index in [0.29, 0.717) is 17.9 Å². The molecule has 42 heavy (non-hydrogen) atoms. The van der Waals surface area contributed by atoms with Gasteiger partial charge < -0.3 is 19.7 Å². The first-order chi connectivity index (χ1) is 20.3. The van der Waals surface area contributed by atoms with E-state index in [1.807, 2.05) is 19.1 Å². The smallest absolute Gasteiger partial charge is 0.264 e. The van der Waals surface area contributed by atoms with Crippen LogP contribution < -0.4 is 19.1 Å². The molecule has 9 nitrogen and oxygen atoms in total. The van der Waals surface area contributed by atoms with Gasteiger partial charge in [-0.05, 0) is 61.2 Å². The number of nitrogens with zero attached hydrogens (tertiary/aromatic N) is 2. The van der Waals surface area contributed by atoms with Gasteiger partial charge in [-0.1, -0.05) is 56.2 Å². The van der Waals surface area contributed by atoms with Crippen molar-refractivity contribution in [1.82, 2.24) is 10.2 Å². The Morgan fingerprint density at radius 2 is 1.57 bits per heavy atom. The van der Waals surface area contributed by atoms with Crippen molar-refractivity contribution in [2.75, 3.05) is 25.1 Å². The molecule has 0 radical (unpaired) electrons. The van der Waals surface area contributed by atoms with Crippen LogP contribution in [0.1, 0.15) is 44.6 Å². The van der Waals surface area contributed by atoms with E-state index in [9.17, 15) is 18.0 Å². The molecule has 0 aliphatic heterocycles. The first-order valence-corrected chi connectivity index (χ1v) is 15.7. The molecule has 1 aliphatic carbocycles. The Labute approximate surface area is 248 Å². The Morgan fingerprint density at radius 3 is 2.19 bits per heavy atom. The van der Waals surface area contributed by atoms with Gasteiger partial charge >= 0.3 is 0 Å². The first kappa shape index (κ1) is 30.9. The van der Waals surface area contributed by atoms with Gasteiger partial charge in [0, 0.05) is 18.7 Å². The molecule has 0 unspecified atom stereocenters. The summed E-state index contributed by atoms with van der Waals surface area (Å²) in [5.41, 5.74) is 1.06. The molecular weight excluding hydrogens is 554 g/mol. The van der Waals surface area contributed by atoms with Crippen LogP contribution in [0, 0.1) is 0 Å². The Kier molecular flexibility index (Phi) is 10.5. The van der Waals surface area contributed by atoms with Crippen LogP contribution in [-0.2, 0) is 26.2 Å². The predicted octanol–water partition coefficient (Wildman–Crippen LogP) is 4.77. The van der Waals surface area contributed by atoms with Crippen LogP contribution in [0.2, 0.25) is 0 Å². The lowest BCUT2D eigenvalue weighted by molar-refractivity contribution is -0.140. The summed E-state index contributed by atoms with van der Waals surface area (Å²) in [7, 11) is -1.08. The molecule has 0 spiro atoms. The number of rotatable bonds is 13. The number of carbonyl (C=O) groups is 2. The number of amides is 2. The van der Waals surface area contributed by atoms with E-state index < -0.39 is 28.5 Å². The second-order valence-electron chi connectivity index (χ2n) is 10.3. The number of benzene rings is 3. The highest BCUT2D eigenvalue weighted by Crippen LogP contribution is 2.28. The fourth-order valence-electron chi connectivity index (χ4n) is 5.23. The number of hydrogen-bond acceptors (Lipinski definition) is 6. The Morgan fingerprint density at radius 1 is 0.905 bits per heavy atom.